The third-order valence-electron chi connectivity index (χ3n) is 3.78. The highest BCUT2D eigenvalue weighted by molar-refractivity contribution is 5.91. The van der Waals surface area contributed by atoms with Gasteiger partial charge in [0.2, 0.25) is 11.8 Å². The van der Waals surface area contributed by atoms with Gasteiger partial charge in [0.1, 0.15) is 0 Å². The van der Waals surface area contributed by atoms with Crippen LogP contribution in [-0.4, -0.2) is 36.3 Å². The molecule has 0 atom stereocenters. The monoisotopic (exact) mass is 303 g/mol. The lowest BCUT2D eigenvalue weighted by Gasteiger charge is -2.26. The highest BCUT2D eigenvalue weighted by Crippen LogP contribution is 2.16. The number of carbonyl (C=O) groups is 2. The molecule has 120 valence electrons. The molecular formula is C17H25N3O2. The largest absolute Gasteiger partial charge is 0.376 e. The van der Waals surface area contributed by atoms with Gasteiger partial charge in [-0.1, -0.05) is 13.0 Å². The van der Waals surface area contributed by atoms with Crippen molar-refractivity contribution in [1.29, 1.82) is 0 Å². The maximum Gasteiger partial charge on any atom is 0.241 e. The number of hydrogen-bond donors (Lipinski definition) is 2. The summed E-state index contributed by atoms with van der Waals surface area (Å²) < 4.78 is 0. The standard InChI is InChI=1S/C17H25N3O2/c1-2-7-16(21)19-15-9-6-8-14(12-15)18-13-17(22)20-10-4-3-5-11-20/h6,8-9,12,18H,2-5,7,10-11,13H2,1H3,(H,19,21). The lowest BCUT2D eigenvalue weighted by atomic mass is 10.1. The molecule has 0 aliphatic carbocycles. The van der Waals surface area contributed by atoms with E-state index >= 15 is 0 Å². The van der Waals surface area contributed by atoms with Crippen LogP contribution in [0.25, 0.3) is 0 Å². The first-order valence-corrected chi connectivity index (χ1v) is 8.10. The van der Waals surface area contributed by atoms with Crippen LogP contribution >= 0.6 is 0 Å². The molecule has 0 unspecified atom stereocenters. The minimum Gasteiger partial charge on any atom is -0.376 e. The Morgan fingerprint density at radius 1 is 1.14 bits per heavy atom. The number of piperidine rings is 1. The van der Waals surface area contributed by atoms with Crippen LogP contribution in [0.2, 0.25) is 0 Å². The van der Waals surface area contributed by atoms with E-state index in [9.17, 15) is 9.59 Å². The maximum absolute atomic E-state index is 12.1. The zero-order valence-corrected chi connectivity index (χ0v) is 13.2. The van der Waals surface area contributed by atoms with Gasteiger partial charge in [-0.05, 0) is 43.9 Å². The summed E-state index contributed by atoms with van der Waals surface area (Å²) in [5, 5.41) is 6.00. The Balaban J connectivity index is 1.84. The molecule has 1 aromatic carbocycles. The van der Waals surface area contributed by atoms with Crippen LogP contribution in [0.4, 0.5) is 11.4 Å². The summed E-state index contributed by atoms with van der Waals surface area (Å²) in [5.74, 6) is 0.157. The summed E-state index contributed by atoms with van der Waals surface area (Å²) in [7, 11) is 0. The Hall–Kier alpha value is -2.04. The molecule has 1 saturated heterocycles. The number of hydrogen-bond acceptors (Lipinski definition) is 3. The highest BCUT2D eigenvalue weighted by atomic mass is 16.2. The Labute approximate surface area is 132 Å². The van der Waals surface area contributed by atoms with E-state index in [1.807, 2.05) is 36.1 Å². The van der Waals surface area contributed by atoms with E-state index in [0.717, 1.165) is 43.7 Å². The second-order valence-electron chi connectivity index (χ2n) is 5.67. The molecule has 0 spiro atoms. The Bertz CT molecular complexity index is 510. The molecule has 2 amide bonds. The van der Waals surface area contributed by atoms with E-state index < -0.39 is 0 Å². The molecule has 0 aromatic heterocycles. The normalized spacial score (nSPS) is 14.5. The molecule has 1 aliphatic heterocycles. The summed E-state index contributed by atoms with van der Waals surface area (Å²) in [4.78, 5) is 25.6. The van der Waals surface area contributed by atoms with Crippen molar-refractivity contribution < 1.29 is 9.59 Å². The van der Waals surface area contributed by atoms with Crippen LogP contribution in [0, 0.1) is 0 Å². The van der Waals surface area contributed by atoms with Gasteiger partial charge in [-0.2, -0.15) is 0 Å². The average Bonchev–Trinajstić information content (AvgIpc) is 2.54. The number of anilines is 2. The van der Waals surface area contributed by atoms with Crippen LogP contribution < -0.4 is 10.6 Å². The number of rotatable bonds is 6. The van der Waals surface area contributed by atoms with Gasteiger partial charge in [-0.15, -0.1) is 0 Å². The van der Waals surface area contributed by atoms with Gasteiger partial charge in [0.15, 0.2) is 0 Å². The second kappa shape index (κ2) is 8.41. The van der Waals surface area contributed by atoms with Crippen molar-refractivity contribution in [2.75, 3.05) is 30.3 Å². The van der Waals surface area contributed by atoms with Crippen molar-refractivity contribution in [3.05, 3.63) is 24.3 Å². The summed E-state index contributed by atoms with van der Waals surface area (Å²) in [5.41, 5.74) is 1.61. The molecule has 22 heavy (non-hydrogen) atoms. The first-order valence-electron chi connectivity index (χ1n) is 8.10. The lowest BCUT2D eigenvalue weighted by Crippen LogP contribution is -2.39. The fourth-order valence-electron chi connectivity index (χ4n) is 2.59. The molecule has 2 N–H and O–H groups in total. The van der Waals surface area contributed by atoms with Crippen LogP contribution in [0.1, 0.15) is 39.0 Å². The topological polar surface area (TPSA) is 61.4 Å². The molecule has 0 bridgehead atoms. The molecule has 0 saturated carbocycles. The van der Waals surface area contributed by atoms with Gasteiger partial charge in [-0.25, -0.2) is 0 Å². The van der Waals surface area contributed by atoms with Gasteiger partial charge < -0.3 is 15.5 Å². The van der Waals surface area contributed by atoms with Gasteiger partial charge >= 0.3 is 0 Å². The quantitative estimate of drug-likeness (QED) is 0.849. The van der Waals surface area contributed by atoms with Crippen molar-refractivity contribution in [3.63, 3.8) is 0 Å². The number of likely N-dealkylation sites (tertiary alicyclic amines) is 1. The smallest absolute Gasteiger partial charge is 0.241 e. The van der Waals surface area contributed by atoms with E-state index in [1.54, 1.807) is 0 Å². The van der Waals surface area contributed by atoms with E-state index in [0.29, 0.717) is 13.0 Å². The van der Waals surface area contributed by atoms with Crippen LogP contribution in [0.5, 0.6) is 0 Å². The van der Waals surface area contributed by atoms with Gasteiger partial charge in [-0.3, -0.25) is 9.59 Å². The Kier molecular flexibility index (Phi) is 6.25. The van der Waals surface area contributed by atoms with Gasteiger partial charge in [0.25, 0.3) is 0 Å². The number of benzene rings is 1. The average molecular weight is 303 g/mol. The fraction of sp³-hybridized carbons (Fsp3) is 0.529. The molecule has 1 heterocycles. The molecule has 1 aliphatic rings. The molecule has 5 nitrogen and oxygen atoms in total. The number of amides is 2. The summed E-state index contributed by atoms with van der Waals surface area (Å²) in [6, 6.07) is 7.48. The van der Waals surface area contributed by atoms with Crippen LogP contribution in [0.15, 0.2) is 24.3 Å². The Morgan fingerprint density at radius 2 is 1.86 bits per heavy atom. The highest BCUT2D eigenvalue weighted by Gasteiger charge is 2.15. The first kappa shape index (κ1) is 16.3. The fourth-order valence-corrected chi connectivity index (χ4v) is 2.59. The molecular weight excluding hydrogens is 278 g/mol. The van der Waals surface area contributed by atoms with Crippen molar-refractivity contribution in [2.45, 2.75) is 39.0 Å². The molecule has 0 radical (unpaired) electrons. The van der Waals surface area contributed by atoms with Crippen molar-refractivity contribution >= 4 is 23.2 Å². The predicted octanol–water partition coefficient (Wildman–Crippen LogP) is 2.85. The third-order valence-corrected chi connectivity index (χ3v) is 3.78. The van der Waals surface area contributed by atoms with Gasteiger partial charge in [0.05, 0.1) is 6.54 Å². The van der Waals surface area contributed by atoms with Crippen LogP contribution in [-0.2, 0) is 9.59 Å². The number of nitrogens with zero attached hydrogens (tertiary/aromatic N) is 1. The maximum atomic E-state index is 12.1. The molecule has 1 fully saturated rings. The van der Waals surface area contributed by atoms with Crippen molar-refractivity contribution in [2.24, 2.45) is 0 Å². The zero-order valence-electron chi connectivity index (χ0n) is 13.2. The predicted molar refractivity (Wildman–Crippen MR) is 88.9 cm³/mol. The first-order chi connectivity index (χ1) is 10.7. The molecule has 2 rings (SSSR count). The zero-order chi connectivity index (χ0) is 15.8. The van der Waals surface area contributed by atoms with Gasteiger partial charge in [0, 0.05) is 30.9 Å². The van der Waals surface area contributed by atoms with Crippen LogP contribution in [0.3, 0.4) is 0 Å². The summed E-state index contributed by atoms with van der Waals surface area (Å²) in [6.45, 7) is 4.01. The SMILES string of the molecule is CCCC(=O)Nc1cccc(NCC(=O)N2CCCCC2)c1. The summed E-state index contributed by atoms with van der Waals surface area (Å²) in [6.07, 6.45) is 4.77. The van der Waals surface area contributed by atoms with E-state index in [1.165, 1.54) is 6.42 Å². The van der Waals surface area contributed by atoms with Crippen molar-refractivity contribution in [3.8, 4) is 0 Å². The van der Waals surface area contributed by atoms with E-state index in [-0.39, 0.29) is 11.8 Å². The van der Waals surface area contributed by atoms with Crippen molar-refractivity contribution in [1.82, 2.24) is 4.90 Å². The number of nitrogens with one attached hydrogen (secondary N) is 2. The molecule has 1 aromatic rings. The molecule has 5 heteroatoms. The lowest BCUT2D eigenvalue weighted by molar-refractivity contribution is -0.130. The Morgan fingerprint density at radius 3 is 2.59 bits per heavy atom. The minimum atomic E-state index is 0.0176. The number of carbonyl (C=O) groups excluding carboxylic acids is 2. The minimum absolute atomic E-state index is 0.0176. The second-order valence-corrected chi connectivity index (χ2v) is 5.67. The van der Waals surface area contributed by atoms with E-state index in [4.69, 9.17) is 0 Å². The van der Waals surface area contributed by atoms with E-state index in [2.05, 4.69) is 10.6 Å². The third kappa shape index (κ3) is 5.06. The summed E-state index contributed by atoms with van der Waals surface area (Å²) >= 11 is 0.